The summed E-state index contributed by atoms with van der Waals surface area (Å²) in [6, 6.07) is 1.39. The lowest BCUT2D eigenvalue weighted by molar-refractivity contribution is 0.0661. The second-order valence-electron chi connectivity index (χ2n) is 4.37. The van der Waals surface area contributed by atoms with Gasteiger partial charge in [-0.1, -0.05) is 0 Å². The molecule has 1 aliphatic rings. The van der Waals surface area contributed by atoms with Crippen LogP contribution in [0.5, 0.6) is 0 Å². The highest BCUT2D eigenvalue weighted by Gasteiger charge is 2.33. The predicted octanol–water partition coefficient (Wildman–Crippen LogP) is 1.68. The number of rotatable bonds is 2. The fraction of sp³-hybridized carbons (Fsp3) is 0.636. The number of aryl methyl sites for hydroxylation is 1. The number of carbonyl (C=O) groups excluding carboxylic acids is 1. The Kier molecular flexibility index (Phi) is 2.94. The van der Waals surface area contributed by atoms with Gasteiger partial charge in [-0.25, -0.2) is 4.39 Å². The van der Waals surface area contributed by atoms with Crippen molar-refractivity contribution in [1.82, 2.24) is 15.1 Å². The zero-order valence-corrected chi connectivity index (χ0v) is 9.53. The SMILES string of the molecule is Cc1cc(C(=O)N(C)C2CCCC2F)n[nH]1. The van der Waals surface area contributed by atoms with Gasteiger partial charge in [-0.05, 0) is 32.3 Å². The molecular weight excluding hydrogens is 209 g/mol. The summed E-state index contributed by atoms with van der Waals surface area (Å²) in [5.74, 6) is -0.209. The first-order valence-electron chi connectivity index (χ1n) is 5.53. The largest absolute Gasteiger partial charge is 0.334 e. The van der Waals surface area contributed by atoms with Crippen LogP contribution in [0.25, 0.3) is 0 Å². The highest BCUT2D eigenvalue weighted by molar-refractivity contribution is 5.92. The normalized spacial score (nSPS) is 24.7. The van der Waals surface area contributed by atoms with Gasteiger partial charge in [0, 0.05) is 12.7 Å². The molecule has 0 bridgehead atoms. The van der Waals surface area contributed by atoms with E-state index >= 15 is 0 Å². The zero-order chi connectivity index (χ0) is 11.7. The van der Waals surface area contributed by atoms with Crippen molar-refractivity contribution < 1.29 is 9.18 Å². The third-order valence-corrected chi connectivity index (χ3v) is 3.14. The van der Waals surface area contributed by atoms with Crippen molar-refractivity contribution in [3.05, 3.63) is 17.5 Å². The fourth-order valence-electron chi connectivity index (χ4n) is 2.19. The molecule has 0 aliphatic heterocycles. The van der Waals surface area contributed by atoms with Crippen LogP contribution < -0.4 is 0 Å². The monoisotopic (exact) mass is 225 g/mol. The number of hydrogen-bond acceptors (Lipinski definition) is 2. The molecule has 1 saturated carbocycles. The van der Waals surface area contributed by atoms with Crippen LogP contribution in [0.15, 0.2) is 6.07 Å². The number of halogens is 1. The first-order chi connectivity index (χ1) is 7.59. The minimum atomic E-state index is -0.894. The van der Waals surface area contributed by atoms with E-state index in [0.29, 0.717) is 12.1 Å². The van der Waals surface area contributed by atoms with Gasteiger partial charge in [0.2, 0.25) is 0 Å². The zero-order valence-electron chi connectivity index (χ0n) is 9.53. The summed E-state index contributed by atoms with van der Waals surface area (Å²) in [6.07, 6.45) is 1.26. The molecule has 2 rings (SSSR count). The van der Waals surface area contributed by atoms with Crippen LogP contribution in [0.4, 0.5) is 4.39 Å². The van der Waals surface area contributed by atoms with E-state index < -0.39 is 6.17 Å². The Morgan fingerprint density at radius 1 is 1.62 bits per heavy atom. The molecule has 16 heavy (non-hydrogen) atoms. The van der Waals surface area contributed by atoms with Gasteiger partial charge in [-0.15, -0.1) is 0 Å². The molecule has 5 heteroatoms. The lowest BCUT2D eigenvalue weighted by atomic mass is 10.2. The summed E-state index contributed by atoms with van der Waals surface area (Å²) >= 11 is 0. The van der Waals surface area contributed by atoms with E-state index in [9.17, 15) is 9.18 Å². The highest BCUT2D eigenvalue weighted by atomic mass is 19.1. The molecule has 0 saturated heterocycles. The molecule has 1 fully saturated rings. The van der Waals surface area contributed by atoms with Crippen molar-refractivity contribution in [3.8, 4) is 0 Å². The van der Waals surface area contributed by atoms with Crippen molar-refractivity contribution in [2.75, 3.05) is 7.05 Å². The summed E-state index contributed by atoms with van der Waals surface area (Å²) in [5.41, 5.74) is 1.19. The molecule has 1 aliphatic carbocycles. The maximum absolute atomic E-state index is 13.5. The van der Waals surface area contributed by atoms with E-state index in [1.807, 2.05) is 6.92 Å². The number of nitrogens with zero attached hydrogens (tertiary/aromatic N) is 2. The van der Waals surface area contributed by atoms with Crippen molar-refractivity contribution in [2.24, 2.45) is 0 Å². The molecule has 0 radical (unpaired) electrons. The van der Waals surface area contributed by atoms with E-state index in [4.69, 9.17) is 0 Å². The number of hydrogen-bond donors (Lipinski definition) is 1. The Labute approximate surface area is 93.8 Å². The topological polar surface area (TPSA) is 49.0 Å². The standard InChI is InChI=1S/C11H16FN3O/c1-7-6-9(14-13-7)11(16)15(2)10-5-3-4-8(10)12/h6,8,10H,3-5H2,1-2H3,(H,13,14). The van der Waals surface area contributed by atoms with Gasteiger partial charge in [0.1, 0.15) is 11.9 Å². The summed E-state index contributed by atoms with van der Waals surface area (Å²) < 4.78 is 13.5. The maximum Gasteiger partial charge on any atom is 0.274 e. The van der Waals surface area contributed by atoms with Crippen molar-refractivity contribution >= 4 is 5.91 Å². The molecule has 1 amide bonds. The molecule has 1 N–H and O–H groups in total. The Balaban J connectivity index is 2.10. The van der Waals surface area contributed by atoms with Crippen LogP contribution in [-0.2, 0) is 0 Å². The Hall–Kier alpha value is -1.39. The number of aromatic nitrogens is 2. The Morgan fingerprint density at radius 2 is 2.38 bits per heavy atom. The second-order valence-corrected chi connectivity index (χ2v) is 4.37. The van der Waals surface area contributed by atoms with Crippen LogP contribution >= 0.6 is 0 Å². The Morgan fingerprint density at radius 3 is 2.88 bits per heavy atom. The van der Waals surface area contributed by atoms with E-state index in [0.717, 1.165) is 18.5 Å². The van der Waals surface area contributed by atoms with E-state index in [1.165, 1.54) is 4.90 Å². The van der Waals surface area contributed by atoms with Gasteiger partial charge >= 0.3 is 0 Å². The highest BCUT2D eigenvalue weighted by Crippen LogP contribution is 2.26. The third-order valence-electron chi connectivity index (χ3n) is 3.14. The molecule has 2 unspecified atom stereocenters. The maximum atomic E-state index is 13.5. The van der Waals surface area contributed by atoms with E-state index in [2.05, 4.69) is 10.2 Å². The van der Waals surface area contributed by atoms with Gasteiger partial charge in [-0.3, -0.25) is 9.89 Å². The average Bonchev–Trinajstić information content (AvgIpc) is 2.85. The summed E-state index contributed by atoms with van der Waals surface area (Å²) in [7, 11) is 1.65. The number of carbonyl (C=O) groups is 1. The number of nitrogens with one attached hydrogen (secondary N) is 1. The van der Waals surface area contributed by atoms with Crippen LogP contribution in [0.1, 0.15) is 35.4 Å². The van der Waals surface area contributed by atoms with Crippen molar-refractivity contribution in [3.63, 3.8) is 0 Å². The first-order valence-corrected chi connectivity index (χ1v) is 5.53. The number of alkyl halides is 1. The fourth-order valence-corrected chi connectivity index (χ4v) is 2.19. The third kappa shape index (κ3) is 1.94. The van der Waals surface area contributed by atoms with E-state index in [1.54, 1.807) is 13.1 Å². The minimum Gasteiger partial charge on any atom is -0.334 e. The van der Waals surface area contributed by atoms with Crippen LogP contribution in [0, 0.1) is 6.92 Å². The van der Waals surface area contributed by atoms with Crippen LogP contribution in [-0.4, -0.2) is 40.3 Å². The van der Waals surface area contributed by atoms with Gasteiger partial charge in [0.15, 0.2) is 0 Å². The molecule has 2 atom stereocenters. The lowest BCUT2D eigenvalue weighted by Gasteiger charge is -2.25. The number of amides is 1. The summed E-state index contributed by atoms with van der Waals surface area (Å²) in [4.78, 5) is 13.4. The minimum absolute atomic E-state index is 0.209. The van der Waals surface area contributed by atoms with Crippen molar-refractivity contribution in [1.29, 1.82) is 0 Å². The second kappa shape index (κ2) is 4.23. The van der Waals surface area contributed by atoms with Gasteiger partial charge in [-0.2, -0.15) is 5.10 Å². The quantitative estimate of drug-likeness (QED) is 0.832. The number of aromatic amines is 1. The molecule has 1 aromatic rings. The average molecular weight is 225 g/mol. The molecule has 1 aromatic heterocycles. The molecule has 4 nitrogen and oxygen atoms in total. The van der Waals surface area contributed by atoms with Crippen LogP contribution in [0.3, 0.4) is 0 Å². The van der Waals surface area contributed by atoms with Crippen molar-refractivity contribution in [2.45, 2.75) is 38.4 Å². The molecule has 0 spiro atoms. The van der Waals surface area contributed by atoms with Crippen LogP contribution in [0.2, 0.25) is 0 Å². The first kappa shape index (κ1) is 11.1. The number of H-pyrrole nitrogens is 1. The molecular formula is C11H16FN3O. The lowest BCUT2D eigenvalue weighted by Crippen LogP contribution is -2.40. The molecule has 1 heterocycles. The van der Waals surface area contributed by atoms with E-state index in [-0.39, 0.29) is 11.9 Å². The molecule has 0 aromatic carbocycles. The van der Waals surface area contributed by atoms with Gasteiger partial charge < -0.3 is 4.90 Å². The predicted molar refractivity (Wildman–Crippen MR) is 58.0 cm³/mol. The summed E-state index contributed by atoms with van der Waals surface area (Å²) in [5, 5.41) is 6.61. The summed E-state index contributed by atoms with van der Waals surface area (Å²) in [6.45, 7) is 1.83. The molecule has 88 valence electrons. The smallest absolute Gasteiger partial charge is 0.274 e. The van der Waals surface area contributed by atoms with Gasteiger partial charge in [0.05, 0.1) is 6.04 Å². The Bertz CT molecular complexity index is 390. The van der Waals surface area contributed by atoms with Gasteiger partial charge in [0.25, 0.3) is 5.91 Å².